The predicted molar refractivity (Wildman–Crippen MR) is 99.8 cm³/mol. The molecule has 0 bridgehead atoms. The zero-order valence-electron chi connectivity index (χ0n) is 15.1. The molecular weight excluding hydrogens is 326 g/mol. The van der Waals surface area contributed by atoms with Gasteiger partial charge in [-0.15, -0.1) is 10.2 Å². The second-order valence-corrected chi connectivity index (χ2v) is 6.88. The lowest BCUT2D eigenvalue weighted by molar-refractivity contribution is 0.180. The minimum atomic E-state index is -0.235. The molecule has 0 spiro atoms. The van der Waals surface area contributed by atoms with Crippen LogP contribution in [0.3, 0.4) is 0 Å². The Labute approximate surface area is 152 Å². The van der Waals surface area contributed by atoms with Crippen LogP contribution in [-0.4, -0.2) is 32.6 Å². The van der Waals surface area contributed by atoms with Crippen LogP contribution in [0.25, 0.3) is 5.65 Å². The average Bonchev–Trinajstić information content (AvgIpc) is 3.11. The van der Waals surface area contributed by atoms with E-state index in [0.717, 1.165) is 30.7 Å². The van der Waals surface area contributed by atoms with Gasteiger partial charge in [-0.1, -0.05) is 30.3 Å². The summed E-state index contributed by atoms with van der Waals surface area (Å²) in [5.74, 6) is 0.728. The molecule has 2 heterocycles. The number of carbonyl (C=O) groups is 1. The van der Waals surface area contributed by atoms with Gasteiger partial charge in [-0.2, -0.15) is 0 Å². The molecule has 2 unspecified atom stereocenters. The molecular formula is C20H23N5O. The molecule has 2 atom stereocenters. The van der Waals surface area contributed by atoms with Crippen molar-refractivity contribution in [1.29, 1.82) is 0 Å². The van der Waals surface area contributed by atoms with Crippen LogP contribution in [0.1, 0.15) is 48.8 Å². The topological polar surface area (TPSA) is 62.5 Å². The number of pyridine rings is 1. The van der Waals surface area contributed by atoms with Crippen molar-refractivity contribution < 1.29 is 4.79 Å². The van der Waals surface area contributed by atoms with Gasteiger partial charge in [0.25, 0.3) is 0 Å². The maximum Gasteiger partial charge on any atom is 0.318 e. The molecule has 0 radical (unpaired) electrons. The van der Waals surface area contributed by atoms with E-state index in [4.69, 9.17) is 0 Å². The minimum absolute atomic E-state index is 0.0908. The highest BCUT2D eigenvalue weighted by atomic mass is 16.2. The number of nitrogens with zero attached hydrogens (tertiary/aromatic N) is 4. The molecule has 134 valence electrons. The van der Waals surface area contributed by atoms with Crippen molar-refractivity contribution in [2.75, 3.05) is 7.05 Å². The van der Waals surface area contributed by atoms with Crippen LogP contribution in [0, 0.1) is 0 Å². The monoisotopic (exact) mass is 349 g/mol. The Morgan fingerprint density at radius 2 is 2.04 bits per heavy atom. The fourth-order valence-corrected chi connectivity index (χ4v) is 3.78. The maximum absolute atomic E-state index is 12.9. The Balaban J connectivity index is 1.51. The molecule has 26 heavy (non-hydrogen) atoms. The number of hydrogen-bond donors (Lipinski definition) is 1. The largest absolute Gasteiger partial charge is 0.328 e. The highest BCUT2D eigenvalue weighted by molar-refractivity contribution is 5.75. The van der Waals surface area contributed by atoms with Gasteiger partial charge in [0.2, 0.25) is 0 Å². The number of aryl methyl sites for hydroxylation is 1. The quantitative estimate of drug-likeness (QED) is 0.787. The van der Waals surface area contributed by atoms with Crippen LogP contribution >= 0.6 is 0 Å². The highest BCUT2D eigenvalue weighted by Gasteiger charge is 2.27. The number of nitrogens with one attached hydrogen (secondary N) is 1. The number of carbonyl (C=O) groups excluding carboxylic acids is 1. The Morgan fingerprint density at radius 3 is 2.92 bits per heavy atom. The molecule has 4 rings (SSSR count). The van der Waals surface area contributed by atoms with E-state index in [1.54, 1.807) is 0 Å². The van der Waals surface area contributed by atoms with Gasteiger partial charge in [0.15, 0.2) is 11.5 Å². The first-order valence-corrected chi connectivity index (χ1v) is 9.06. The van der Waals surface area contributed by atoms with Crippen LogP contribution in [0.2, 0.25) is 0 Å². The number of aromatic nitrogens is 3. The lowest BCUT2D eigenvalue weighted by Gasteiger charge is -2.33. The zero-order valence-corrected chi connectivity index (χ0v) is 15.1. The number of fused-ring (bicyclic) bond motifs is 2. The summed E-state index contributed by atoms with van der Waals surface area (Å²) in [7, 11) is 1.87. The summed E-state index contributed by atoms with van der Waals surface area (Å²) >= 11 is 0. The van der Waals surface area contributed by atoms with Crippen molar-refractivity contribution >= 4 is 11.7 Å². The summed E-state index contributed by atoms with van der Waals surface area (Å²) in [5, 5.41) is 11.5. The summed E-state index contributed by atoms with van der Waals surface area (Å²) in [6.07, 6.45) is 5.09. The van der Waals surface area contributed by atoms with Crippen molar-refractivity contribution in [2.24, 2.45) is 0 Å². The number of urea groups is 1. The Hall–Kier alpha value is -2.89. The summed E-state index contributed by atoms with van der Waals surface area (Å²) < 4.78 is 1.90. The standard InChI is InChI=1S/C20H23N5O/c1-14(19-23-22-18-12-5-6-13-25(18)19)21-20(26)24(2)17-11-7-9-15-8-3-4-10-16(15)17/h3-6,8,10,12-14,17H,7,9,11H2,1-2H3,(H,21,26). The molecule has 6 heteroatoms. The number of rotatable bonds is 3. The highest BCUT2D eigenvalue weighted by Crippen LogP contribution is 2.33. The molecule has 3 aromatic rings. The van der Waals surface area contributed by atoms with Crippen molar-refractivity contribution in [1.82, 2.24) is 24.8 Å². The number of hydrogen-bond acceptors (Lipinski definition) is 3. The lowest BCUT2D eigenvalue weighted by Crippen LogP contribution is -2.42. The van der Waals surface area contributed by atoms with E-state index in [1.807, 2.05) is 53.7 Å². The van der Waals surface area contributed by atoms with Crippen LogP contribution in [0.5, 0.6) is 0 Å². The van der Waals surface area contributed by atoms with Crippen molar-refractivity contribution in [2.45, 2.75) is 38.3 Å². The fourth-order valence-electron chi connectivity index (χ4n) is 3.78. The van der Waals surface area contributed by atoms with Crippen LogP contribution in [-0.2, 0) is 6.42 Å². The molecule has 1 N–H and O–H groups in total. The van der Waals surface area contributed by atoms with Crippen molar-refractivity contribution in [3.8, 4) is 0 Å². The fraction of sp³-hybridized carbons (Fsp3) is 0.350. The van der Waals surface area contributed by atoms with E-state index >= 15 is 0 Å². The van der Waals surface area contributed by atoms with Gasteiger partial charge in [0.05, 0.1) is 12.1 Å². The van der Waals surface area contributed by atoms with Gasteiger partial charge in [-0.05, 0) is 49.4 Å². The summed E-state index contributed by atoms with van der Waals surface area (Å²) in [5.41, 5.74) is 3.38. The molecule has 1 aliphatic carbocycles. The van der Waals surface area contributed by atoms with E-state index in [2.05, 4.69) is 33.7 Å². The van der Waals surface area contributed by atoms with Crippen LogP contribution in [0.4, 0.5) is 4.79 Å². The first-order chi connectivity index (χ1) is 12.6. The average molecular weight is 349 g/mol. The van der Waals surface area contributed by atoms with Crippen LogP contribution < -0.4 is 5.32 Å². The Kier molecular flexibility index (Phi) is 4.32. The third kappa shape index (κ3) is 2.92. The molecule has 0 fully saturated rings. The third-order valence-corrected chi connectivity index (χ3v) is 5.19. The second kappa shape index (κ2) is 6.78. The molecule has 0 saturated carbocycles. The van der Waals surface area contributed by atoms with E-state index < -0.39 is 0 Å². The van der Waals surface area contributed by atoms with Gasteiger partial charge in [-0.3, -0.25) is 4.40 Å². The first kappa shape index (κ1) is 16.6. The maximum atomic E-state index is 12.9. The Morgan fingerprint density at radius 1 is 1.23 bits per heavy atom. The van der Waals surface area contributed by atoms with Gasteiger partial charge in [0, 0.05) is 13.2 Å². The summed E-state index contributed by atoms with van der Waals surface area (Å²) in [4.78, 5) is 14.7. The SMILES string of the molecule is CC(NC(=O)N(C)C1CCCc2ccccc21)c1nnc2ccccn12. The predicted octanol–water partition coefficient (Wildman–Crippen LogP) is 3.51. The summed E-state index contributed by atoms with van der Waals surface area (Å²) in [6, 6.07) is 14.0. The van der Waals surface area contributed by atoms with Gasteiger partial charge in [0.1, 0.15) is 0 Å². The van der Waals surface area contributed by atoms with E-state index in [-0.39, 0.29) is 18.1 Å². The van der Waals surface area contributed by atoms with Gasteiger partial charge >= 0.3 is 6.03 Å². The molecule has 6 nitrogen and oxygen atoms in total. The Bertz CT molecular complexity index is 935. The zero-order chi connectivity index (χ0) is 18.1. The third-order valence-electron chi connectivity index (χ3n) is 5.19. The summed E-state index contributed by atoms with van der Waals surface area (Å²) in [6.45, 7) is 1.93. The van der Waals surface area contributed by atoms with E-state index in [9.17, 15) is 4.79 Å². The molecule has 1 aliphatic rings. The van der Waals surface area contributed by atoms with Gasteiger partial charge < -0.3 is 10.2 Å². The van der Waals surface area contributed by atoms with Crippen LogP contribution in [0.15, 0.2) is 48.7 Å². The van der Waals surface area contributed by atoms with E-state index in [0.29, 0.717) is 0 Å². The molecule has 2 aromatic heterocycles. The molecule has 2 amide bonds. The second-order valence-electron chi connectivity index (χ2n) is 6.88. The van der Waals surface area contributed by atoms with Crippen molar-refractivity contribution in [3.63, 3.8) is 0 Å². The molecule has 1 aromatic carbocycles. The number of amides is 2. The molecule has 0 saturated heterocycles. The first-order valence-electron chi connectivity index (χ1n) is 9.06. The minimum Gasteiger partial charge on any atom is -0.328 e. The normalized spacial score (nSPS) is 17.5. The smallest absolute Gasteiger partial charge is 0.318 e. The molecule has 0 aliphatic heterocycles. The lowest BCUT2D eigenvalue weighted by atomic mass is 9.87. The number of benzene rings is 1. The van der Waals surface area contributed by atoms with Gasteiger partial charge in [-0.25, -0.2) is 4.79 Å². The van der Waals surface area contributed by atoms with Crippen molar-refractivity contribution in [3.05, 3.63) is 65.6 Å². The van der Waals surface area contributed by atoms with E-state index in [1.165, 1.54) is 11.1 Å².